The fraction of sp³-hybridized carbons (Fsp3) is 0.286. The molecule has 0 aliphatic rings. The zero-order valence-corrected chi connectivity index (χ0v) is 19.1. The molecule has 14 heteroatoms. The second kappa shape index (κ2) is 9.02. The number of amides is 1. The van der Waals surface area contributed by atoms with Crippen LogP contribution in [-0.2, 0) is 16.6 Å². The van der Waals surface area contributed by atoms with Gasteiger partial charge in [0.25, 0.3) is 21.6 Å². The maximum absolute atomic E-state index is 13.0. The molecule has 0 aliphatic carbocycles. The minimum absolute atomic E-state index is 0.0792. The molecule has 1 atom stereocenters. The summed E-state index contributed by atoms with van der Waals surface area (Å²) in [5.74, 6) is -1.17. The van der Waals surface area contributed by atoms with Gasteiger partial charge in [-0.05, 0) is 30.0 Å². The number of benzene rings is 1. The number of aromatic nitrogens is 2. The van der Waals surface area contributed by atoms with Crippen molar-refractivity contribution in [1.82, 2.24) is 14.3 Å². The number of nitrogens with zero attached hydrogens (tertiary/aromatic N) is 2. The number of carbonyl (C=O) groups is 1. The van der Waals surface area contributed by atoms with Gasteiger partial charge in [-0.15, -0.1) is 11.8 Å². The van der Waals surface area contributed by atoms with Gasteiger partial charge < -0.3 is 4.57 Å². The highest BCUT2D eigenvalue weighted by atomic mass is 35.5. The van der Waals surface area contributed by atoms with Crippen molar-refractivity contribution in [2.45, 2.75) is 28.4 Å². The summed E-state index contributed by atoms with van der Waals surface area (Å²) in [6, 6.07) is 4.45. The summed E-state index contributed by atoms with van der Waals surface area (Å²) in [6.07, 6.45) is 1.01. The van der Waals surface area contributed by atoms with E-state index in [2.05, 4.69) is 4.98 Å². The summed E-state index contributed by atoms with van der Waals surface area (Å²) in [7, 11) is -2.99. The van der Waals surface area contributed by atoms with Gasteiger partial charge in [0.15, 0.2) is 5.69 Å². The second-order valence-corrected chi connectivity index (χ2v) is 9.80. The van der Waals surface area contributed by atoms with E-state index in [1.807, 2.05) is 4.72 Å². The van der Waals surface area contributed by atoms with Crippen LogP contribution < -0.4 is 4.72 Å². The minimum atomic E-state index is -4.36. The van der Waals surface area contributed by atoms with E-state index < -0.39 is 33.7 Å². The molecule has 0 bridgehead atoms. The van der Waals surface area contributed by atoms with Gasteiger partial charge in [0, 0.05) is 17.9 Å². The van der Waals surface area contributed by atoms with E-state index in [-0.39, 0.29) is 26.9 Å². The van der Waals surface area contributed by atoms with Crippen LogP contribution in [0.15, 0.2) is 28.0 Å². The van der Waals surface area contributed by atoms with Gasteiger partial charge >= 0.3 is 0 Å². The van der Waals surface area contributed by atoms with E-state index in [1.165, 1.54) is 21.4 Å². The van der Waals surface area contributed by atoms with Gasteiger partial charge in [-0.25, -0.2) is 26.9 Å². The minimum Gasteiger partial charge on any atom is -0.305 e. The quantitative estimate of drug-likeness (QED) is 0.437. The Labute approximate surface area is 181 Å². The van der Waals surface area contributed by atoms with Gasteiger partial charge in [0.1, 0.15) is 10.0 Å². The summed E-state index contributed by atoms with van der Waals surface area (Å²) < 4.78 is 54.1. The molecule has 1 aromatic carbocycles. The Hall–Kier alpha value is -0.640. The third kappa shape index (κ3) is 5.49. The molecule has 1 aromatic heterocycles. The Morgan fingerprint density at radius 3 is 2.57 bits per heavy atom. The Balaban J connectivity index is 2.33. The van der Waals surface area contributed by atoms with Crippen LogP contribution >= 0.6 is 55.8 Å². The summed E-state index contributed by atoms with van der Waals surface area (Å²) in [5.41, 5.74) is -3.58. The number of rotatable bonds is 7. The third-order valence-electron chi connectivity index (χ3n) is 3.39. The molecule has 0 saturated heterocycles. The third-order valence-corrected chi connectivity index (χ3v) is 7.12. The first-order valence-electron chi connectivity index (χ1n) is 7.35. The van der Waals surface area contributed by atoms with Crippen molar-refractivity contribution < 1.29 is 22.0 Å². The number of alkyl halides is 2. The van der Waals surface area contributed by atoms with Crippen LogP contribution in [0.5, 0.6) is 0 Å². The number of hydrogen-bond donors (Lipinski definition) is 1. The fourth-order valence-corrected chi connectivity index (χ4v) is 5.58. The number of nitrogens with one attached hydrogen (secondary N) is 1. The van der Waals surface area contributed by atoms with Gasteiger partial charge in [0.05, 0.1) is 5.02 Å². The lowest BCUT2D eigenvalue weighted by molar-refractivity contribution is 0.0889. The van der Waals surface area contributed by atoms with Crippen LogP contribution in [0.3, 0.4) is 0 Å². The Morgan fingerprint density at radius 2 is 2.00 bits per heavy atom. The van der Waals surface area contributed by atoms with Crippen molar-refractivity contribution in [2.75, 3.05) is 6.26 Å². The molecular weight excluding hydrogens is 498 g/mol. The number of sulfonamides is 1. The first-order valence-corrected chi connectivity index (χ1v) is 11.8. The van der Waals surface area contributed by atoms with Crippen molar-refractivity contribution in [3.05, 3.63) is 39.4 Å². The molecule has 0 aliphatic heterocycles. The maximum atomic E-state index is 13.0. The normalized spacial score (nSPS) is 12.2. The van der Waals surface area contributed by atoms with Crippen LogP contribution in [0.1, 0.15) is 16.9 Å². The average Bonchev–Trinajstić information content (AvgIpc) is 2.85. The molecule has 1 heterocycles. The van der Waals surface area contributed by atoms with Gasteiger partial charge in [0.2, 0.25) is 5.28 Å². The van der Waals surface area contributed by atoms with E-state index >= 15 is 0 Å². The van der Waals surface area contributed by atoms with E-state index in [1.54, 1.807) is 12.3 Å². The first-order chi connectivity index (χ1) is 12.9. The van der Waals surface area contributed by atoms with Crippen molar-refractivity contribution in [1.29, 1.82) is 0 Å². The number of thioether (sulfide) groups is 1. The zero-order chi connectivity index (χ0) is 21.3. The van der Waals surface area contributed by atoms with Gasteiger partial charge in [-0.1, -0.05) is 38.5 Å². The number of carbonyl (C=O) groups excluding carboxylic acids is 1. The lowest BCUT2D eigenvalue weighted by Gasteiger charge is -2.12. The molecule has 0 spiro atoms. The van der Waals surface area contributed by atoms with Crippen molar-refractivity contribution in [3.8, 4) is 0 Å². The lowest BCUT2D eigenvalue weighted by atomic mass is 10.4. The van der Waals surface area contributed by atoms with Crippen LogP contribution in [0.25, 0.3) is 0 Å². The molecule has 2 aromatic rings. The largest absolute Gasteiger partial charge is 0.305 e. The molecule has 1 unspecified atom stereocenters. The molecular formula is C14H13Cl3F2N3O3PS2. The summed E-state index contributed by atoms with van der Waals surface area (Å²) in [5, 5.41) is -0.773. The van der Waals surface area contributed by atoms with Crippen LogP contribution in [0, 0.1) is 0 Å². The van der Waals surface area contributed by atoms with Crippen molar-refractivity contribution in [2.24, 2.45) is 0 Å². The molecule has 28 heavy (non-hydrogen) atoms. The molecule has 6 nitrogen and oxygen atoms in total. The Bertz CT molecular complexity index is 1010. The molecule has 0 saturated carbocycles. The monoisotopic (exact) mass is 509 g/mol. The Morgan fingerprint density at radius 1 is 1.36 bits per heavy atom. The van der Waals surface area contributed by atoms with Crippen LogP contribution in [0.4, 0.5) is 8.78 Å². The predicted molar refractivity (Wildman–Crippen MR) is 109 cm³/mol. The van der Waals surface area contributed by atoms with E-state index in [4.69, 9.17) is 34.8 Å². The highest BCUT2D eigenvalue weighted by Crippen LogP contribution is 2.32. The SMILES string of the molecule is CSc1cccc(Cl)c1S(=O)(=O)NC(=O)c1nc(Cl)n(CCC(F)(F)P)c1Cl. The molecule has 2 rings (SSSR count). The van der Waals surface area contributed by atoms with E-state index in [0.29, 0.717) is 4.90 Å². The number of imidazole rings is 1. The molecule has 1 amide bonds. The van der Waals surface area contributed by atoms with Gasteiger partial charge in [-0.2, -0.15) is 0 Å². The highest BCUT2D eigenvalue weighted by Gasteiger charge is 2.29. The van der Waals surface area contributed by atoms with Crippen LogP contribution in [0.2, 0.25) is 15.5 Å². The second-order valence-electron chi connectivity index (χ2n) is 5.39. The fourth-order valence-electron chi connectivity index (χ4n) is 2.14. The summed E-state index contributed by atoms with van der Waals surface area (Å²) in [4.78, 5) is 16.2. The molecule has 0 fully saturated rings. The van der Waals surface area contributed by atoms with E-state index in [9.17, 15) is 22.0 Å². The maximum Gasteiger partial charge on any atom is 0.286 e. The van der Waals surface area contributed by atoms with Gasteiger partial charge in [-0.3, -0.25) is 4.79 Å². The van der Waals surface area contributed by atoms with Crippen molar-refractivity contribution in [3.63, 3.8) is 0 Å². The van der Waals surface area contributed by atoms with Crippen molar-refractivity contribution >= 4 is 71.7 Å². The summed E-state index contributed by atoms with van der Waals surface area (Å²) >= 11 is 18.9. The topological polar surface area (TPSA) is 81.1 Å². The highest BCUT2D eigenvalue weighted by molar-refractivity contribution is 7.99. The predicted octanol–water partition coefficient (Wildman–Crippen LogP) is 4.54. The lowest BCUT2D eigenvalue weighted by Crippen LogP contribution is -2.31. The molecule has 154 valence electrons. The first kappa shape index (κ1) is 23.6. The summed E-state index contributed by atoms with van der Waals surface area (Å²) in [6.45, 7) is -0.331. The molecule has 1 N–H and O–H groups in total. The average molecular weight is 511 g/mol. The molecule has 0 radical (unpaired) electrons. The standard InChI is InChI=1S/C14H13Cl3F2N3O3PS2/c1-27-8-4-2-3-7(15)10(8)28(24,25)21-12(23)9-11(16)22(13(17)20-9)6-5-14(18,19)26/h2-4H,5-6,26H2,1H3,(H,21,23). The number of hydrogen-bond acceptors (Lipinski definition) is 5. The zero-order valence-electron chi connectivity index (χ0n) is 14.0. The number of halogens is 5. The van der Waals surface area contributed by atoms with E-state index in [0.717, 1.165) is 16.3 Å². The smallest absolute Gasteiger partial charge is 0.286 e. The Kier molecular flexibility index (Phi) is 7.61. The van der Waals surface area contributed by atoms with Crippen LogP contribution in [-0.4, -0.2) is 35.8 Å².